The Balaban J connectivity index is 0.00000506. The predicted octanol–water partition coefficient (Wildman–Crippen LogP) is 8.09. The van der Waals surface area contributed by atoms with Gasteiger partial charge in [-0.1, -0.05) is 110 Å². The number of carbonyl (C=O) groups excluding carboxylic acids is 1. The van der Waals surface area contributed by atoms with Gasteiger partial charge >= 0.3 is 22.5 Å². The van der Waals surface area contributed by atoms with E-state index in [1.54, 1.807) is 6.92 Å². The molecule has 1 aliphatic rings. The molecule has 7 heteroatoms. The van der Waals surface area contributed by atoms with E-state index in [9.17, 15) is 14.7 Å². The number of rotatable bonds is 15. The molecule has 1 amide bonds. The summed E-state index contributed by atoms with van der Waals surface area (Å²) < 4.78 is 0. The van der Waals surface area contributed by atoms with Crippen molar-refractivity contribution >= 4 is 23.3 Å². The average molecular weight is 623 g/mol. The van der Waals surface area contributed by atoms with Gasteiger partial charge < -0.3 is 15.2 Å². The molecule has 3 aromatic rings. The minimum Gasteiger partial charge on any atom is -0.625 e. The number of nitrogens with zero attached hydrogens (tertiary/aromatic N) is 3. The molecule has 4 rings (SSSR count). The number of para-hydroxylation sites is 1. The molecule has 43 heavy (non-hydrogen) atoms. The van der Waals surface area contributed by atoms with Crippen LogP contribution in [0.4, 0.5) is 5.69 Å². The molecule has 0 aromatic heterocycles. The van der Waals surface area contributed by atoms with Gasteiger partial charge in [0.05, 0.1) is 17.7 Å². The third kappa shape index (κ3) is 9.48. The topological polar surface area (TPSA) is 84.1 Å². The summed E-state index contributed by atoms with van der Waals surface area (Å²) in [5, 5.41) is 15.0. The molecular weight excluding hydrogens is 581 g/mol. The van der Waals surface area contributed by atoms with E-state index in [0.717, 1.165) is 57.1 Å². The summed E-state index contributed by atoms with van der Waals surface area (Å²) in [6.07, 6.45) is 8.80. The van der Waals surface area contributed by atoms with Crippen LogP contribution in [0.5, 0.6) is 0 Å². The number of amides is 1. The van der Waals surface area contributed by atoms with Crippen LogP contribution < -0.4 is 0 Å². The summed E-state index contributed by atoms with van der Waals surface area (Å²) in [5.74, 6) is -1.14. The van der Waals surface area contributed by atoms with E-state index in [1.807, 2.05) is 78.9 Å². The van der Waals surface area contributed by atoms with Crippen LogP contribution in [0.15, 0.2) is 103 Å². The molecule has 1 heterocycles. The van der Waals surface area contributed by atoms with Gasteiger partial charge in [0.25, 0.3) is 0 Å². The molecule has 1 fully saturated rings. The van der Waals surface area contributed by atoms with Crippen molar-refractivity contribution in [3.63, 3.8) is 0 Å². The van der Waals surface area contributed by atoms with E-state index in [0.29, 0.717) is 29.9 Å². The summed E-state index contributed by atoms with van der Waals surface area (Å²) in [6.45, 7) is 7.01. The molecule has 6 nitrogen and oxygen atoms in total. The van der Waals surface area contributed by atoms with Crippen molar-refractivity contribution in [1.82, 2.24) is 4.90 Å². The normalized spacial score (nSPS) is 16.6. The maximum Gasteiger partial charge on any atom is 2.00 e. The van der Waals surface area contributed by atoms with Crippen molar-refractivity contribution in [1.29, 1.82) is 0 Å². The molecule has 0 bridgehead atoms. The number of aliphatic imine (C=N–C) groups is 1. The maximum absolute atomic E-state index is 13.6. The van der Waals surface area contributed by atoms with Gasteiger partial charge in [-0.25, -0.2) is 4.79 Å². The van der Waals surface area contributed by atoms with E-state index >= 15 is 0 Å². The first-order valence-electron chi connectivity index (χ1n) is 15.0. The van der Waals surface area contributed by atoms with E-state index in [4.69, 9.17) is 4.99 Å². The van der Waals surface area contributed by atoms with Gasteiger partial charge in [0.1, 0.15) is 0 Å². The Labute approximate surface area is 266 Å². The Kier molecular flexibility index (Phi) is 13.4. The summed E-state index contributed by atoms with van der Waals surface area (Å²) >= 11 is 0. The SMILES string of the molecule is C=CCCCCCC[C@@](C)(N=C(c1ccccc1)c1ccccc1[N-]C(=O)[C@H]1CCCN1Cc1ccccc1)C(=O)O.[Ni+2]. The third-order valence-electron chi connectivity index (χ3n) is 7.96. The van der Waals surface area contributed by atoms with Crippen LogP contribution in [0.3, 0.4) is 0 Å². The fourth-order valence-corrected chi connectivity index (χ4v) is 5.52. The number of allylic oxidation sites excluding steroid dienone is 1. The average Bonchev–Trinajstić information content (AvgIpc) is 3.47. The number of hydrogen-bond acceptors (Lipinski definition) is 4. The summed E-state index contributed by atoms with van der Waals surface area (Å²) in [4.78, 5) is 33.4. The van der Waals surface area contributed by atoms with Crippen LogP contribution >= 0.6 is 0 Å². The molecule has 0 aliphatic carbocycles. The minimum absolute atomic E-state index is 0. The van der Waals surface area contributed by atoms with E-state index in [-0.39, 0.29) is 28.4 Å². The number of hydrogen-bond donors (Lipinski definition) is 1. The number of carboxylic acids is 1. The summed E-state index contributed by atoms with van der Waals surface area (Å²) in [7, 11) is 0. The smallest absolute Gasteiger partial charge is 0.625 e. The Hall–Kier alpha value is -3.54. The third-order valence-corrected chi connectivity index (χ3v) is 7.96. The van der Waals surface area contributed by atoms with Crippen molar-refractivity contribution in [3.8, 4) is 0 Å². The minimum atomic E-state index is -1.32. The van der Waals surface area contributed by atoms with Crippen LogP contribution in [-0.2, 0) is 32.6 Å². The molecule has 1 aliphatic heterocycles. The van der Waals surface area contributed by atoms with Gasteiger partial charge in [-0.3, -0.25) is 9.89 Å². The fourth-order valence-electron chi connectivity index (χ4n) is 5.52. The number of carbonyl (C=O) groups is 2. The molecule has 1 saturated heterocycles. The second-order valence-electron chi connectivity index (χ2n) is 11.2. The first-order chi connectivity index (χ1) is 20.4. The van der Waals surface area contributed by atoms with Gasteiger partial charge in [0, 0.05) is 12.1 Å². The molecule has 1 N–H and O–H groups in total. The van der Waals surface area contributed by atoms with E-state index in [2.05, 4.69) is 28.9 Å². The quantitative estimate of drug-likeness (QED) is 0.0803. The van der Waals surface area contributed by atoms with Gasteiger partial charge in [0.2, 0.25) is 0 Å². The Morgan fingerprint density at radius 1 is 0.977 bits per heavy atom. The maximum atomic E-state index is 13.6. The number of benzene rings is 3. The fraction of sp³-hybridized carbons (Fsp3) is 0.361. The number of aliphatic carboxylic acids is 1. The molecule has 0 saturated carbocycles. The second kappa shape index (κ2) is 16.9. The predicted molar refractivity (Wildman–Crippen MR) is 170 cm³/mol. The van der Waals surface area contributed by atoms with Crippen molar-refractivity contribution < 1.29 is 31.2 Å². The van der Waals surface area contributed by atoms with Crippen molar-refractivity contribution in [3.05, 3.63) is 120 Å². The van der Waals surface area contributed by atoms with Crippen LogP contribution in [0.25, 0.3) is 5.32 Å². The summed E-state index contributed by atoms with van der Waals surface area (Å²) in [6, 6.07) is 26.9. The zero-order valence-corrected chi connectivity index (χ0v) is 25.9. The van der Waals surface area contributed by atoms with Crippen LogP contribution in [0.2, 0.25) is 0 Å². The molecule has 0 unspecified atom stereocenters. The van der Waals surface area contributed by atoms with Gasteiger partial charge in [-0.2, -0.15) is 0 Å². The van der Waals surface area contributed by atoms with Crippen LogP contribution in [-0.4, -0.2) is 45.7 Å². The van der Waals surface area contributed by atoms with E-state index < -0.39 is 11.5 Å². The van der Waals surface area contributed by atoms with Crippen molar-refractivity contribution in [2.24, 2.45) is 4.99 Å². The Morgan fingerprint density at radius 2 is 1.63 bits per heavy atom. The summed E-state index contributed by atoms with van der Waals surface area (Å²) in [5.41, 5.74) is 2.34. The Bertz CT molecular complexity index is 1360. The van der Waals surface area contributed by atoms with Gasteiger partial charge in [-0.15, -0.1) is 12.3 Å². The second-order valence-corrected chi connectivity index (χ2v) is 11.2. The molecule has 2 atom stereocenters. The molecule has 3 aromatic carbocycles. The molecule has 0 spiro atoms. The molecular formula is C36H42N3NiO3+. The van der Waals surface area contributed by atoms with Gasteiger partial charge in [-0.05, 0) is 56.7 Å². The zero-order valence-electron chi connectivity index (χ0n) is 24.9. The van der Waals surface area contributed by atoms with Crippen molar-refractivity contribution in [2.75, 3.05) is 6.54 Å². The van der Waals surface area contributed by atoms with Crippen LogP contribution in [0, 0.1) is 0 Å². The number of carboxylic acid groups (broad SMARTS) is 1. The zero-order chi connectivity index (χ0) is 29.8. The van der Waals surface area contributed by atoms with E-state index in [1.165, 1.54) is 5.56 Å². The Morgan fingerprint density at radius 3 is 2.33 bits per heavy atom. The van der Waals surface area contributed by atoms with Crippen LogP contribution in [0.1, 0.15) is 75.0 Å². The first-order valence-corrected chi connectivity index (χ1v) is 15.0. The number of unbranched alkanes of at least 4 members (excludes halogenated alkanes) is 4. The molecule has 228 valence electrons. The first kappa shape index (κ1) is 34.0. The van der Waals surface area contributed by atoms with Crippen molar-refractivity contribution in [2.45, 2.75) is 76.4 Å². The molecule has 0 radical (unpaired) electrons. The largest absolute Gasteiger partial charge is 2.00 e. The number of likely N-dealkylation sites (tertiary alicyclic amines) is 1. The standard InChI is InChI=1S/C36H43N3O3.Ni/c1-3-4-5-6-7-16-25-36(2,35(41)42)38-33(29-20-12-9-13-21-29)30-22-14-15-23-31(30)37-34(40)32-24-17-26-39(32)27-28-18-10-8-11-19-28;/h3,8-15,18-23,32H,1,4-7,16-17,24-27H2,2H3,(H2,37,38,40,41,42);/q;+2/p-1/t32-,36-;/m1./s1. The van der Waals surface area contributed by atoms with Gasteiger partial charge in [0.15, 0.2) is 5.54 Å². The monoisotopic (exact) mass is 622 g/mol.